The Morgan fingerprint density at radius 1 is 1.00 bits per heavy atom. The van der Waals surface area contributed by atoms with E-state index in [9.17, 15) is 0 Å². The van der Waals surface area contributed by atoms with Gasteiger partial charge in [0.2, 0.25) is 0 Å². The van der Waals surface area contributed by atoms with Gasteiger partial charge in [0.05, 0.1) is 10.9 Å². The maximum Gasteiger partial charge on any atom is 0.354 e. The Morgan fingerprint density at radius 3 is 2.55 bits per heavy atom. The molecule has 0 aliphatic heterocycles. The molecule has 108 valence electrons. The standard InChI is InChI=1S/C17H14N3S2/c1-12-7-9-14(10-8-12)18-16-19-20-15(11-21-17(20)22-16)13-5-3-2-4-6-13/h2-11H,1H3,(H,18,19)/q+1. The van der Waals surface area contributed by atoms with Crippen molar-refractivity contribution in [3.8, 4) is 11.3 Å². The molecule has 0 aliphatic carbocycles. The minimum absolute atomic E-state index is 0.910. The van der Waals surface area contributed by atoms with Gasteiger partial charge in [-0.1, -0.05) is 47.2 Å². The number of aryl methyl sites for hydroxylation is 1. The predicted octanol–water partition coefficient (Wildman–Crippen LogP) is 4.66. The third-order valence-corrected chi connectivity index (χ3v) is 5.40. The maximum absolute atomic E-state index is 4.70. The fourth-order valence-corrected chi connectivity index (χ4v) is 4.21. The Kier molecular flexibility index (Phi) is 3.36. The molecule has 2 heterocycles. The molecule has 0 aliphatic rings. The summed E-state index contributed by atoms with van der Waals surface area (Å²) in [6.07, 6.45) is 0. The molecule has 0 atom stereocenters. The number of nitrogens with zero attached hydrogens (tertiary/aromatic N) is 2. The van der Waals surface area contributed by atoms with E-state index in [2.05, 4.69) is 66.2 Å². The fourth-order valence-electron chi connectivity index (χ4n) is 2.27. The zero-order valence-corrected chi connectivity index (χ0v) is 13.6. The summed E-state index contributed by atoms with van der Waals surface area (Å²) in [6.45, 7) is 2.09. The average molecular weight is 324 g/mol. The minimum atomic E-state index is 0.910. The second-order valence-corrected chi connectivity index (χ2v) is 7.16. The van der Waals surface area contributed by atoms with Gasteiger partial charge in [-0.25, -0.2) is 0 Å². The van der Waals surface area contributed by atoms with Crippen LogP contribution in [0.4, 0.5) is 10.8 Å². The zero-order chi connectivity index (χ0) is 14.9. The highest BCUT2D eigenvalue weighted by Crippen LogP contribution is 2.27. The number of fused-ring (bicyclic) bond motifs is 1. The Hall–Kier alpha value is -2.24. The molecule has 0 saturated carbocycles. The summed E-state index contributed by atoms with van der Waals surface area (Å²) in [5.41, 5.74) is 4.64. The number of aromatic nitrogens is 2. The van der Waals surface area contributed by atoms with E-state index in [0.717, 1.165) is 16.5 Å². The van der Waals surface area contributed by atoms with Crippen molar-refractivity contribution in [2.45, 2.75) is 6.92 Å². The lowest BCUT2D eigenvalue weighted by Gasteiger charge is -2.00. The van der Waals surface area contributed by atoms with E-state index >= 15 is 0 Å². The number of thiazole rings is 1. The maximum atomic E-state index is 4.70. The predicted molar refractivity (Wildman–Crippen MR) is 93.0 cm³/mol. The third-order valence-electron chi connectivity index (χ3n) is 3.42. The van der Waals surface area contributed by atoms with Crippen LogP contribution in [-0.4, -0.2) is 5.10 Å². The van der Waals surface area contributed by atoms with E-state index in [0.29, 0.717) is 0 Å². The Morgan fingerprint density at radius 2 is 1.77 bits per heavy atom. The van der Waals surface area contributed by atoms with Crippen LogP contribution < -0.4 is 9.83 Å². The number of hydrogen-bond acceptors (Lipinski definition) is 4. The number of anilines is 2. The summed E-state index contributed by atoms with van der Waals surface area (Å²) in [5, 5.41) is 11.1. The molecule has 0 unspecified atom stereocenters. The highest BCUT2D eigenvalue weighted by atomic mass is 32.2. The van der Waals surface area contributed by atoms with Gasteiger partial charge < -0.3 is 5.32 Å². The quantitative estimate of drug-likeness (QED) is 0.555. The van der Waals surface area contributed by atoms with Gasteiger partial charge in [0.15, 0.2) is 0 Å². The highest BCUT2D eigenvalue weighted by molar-refractivity contribution is 7.36. The van der Waals surface area contributed by atoms with Crippen molar-refractivity contribution >= 4 is 37.6 Å². The van der Waals surface area contributed by atoms with Gasteiger partial charge >= 0.3 is 4.14 Å². The summed E-state index contributed by atoms with van der Waals surface area (Å²) in [4.78, 5) is 0. The first-order chi connectivity index (χ1) is 10.8. The summed E-state index contributed by atoms with van der Waals surface area (Å²) in [5.74, 6) is 0. The number of hydrogen-bond donors (Lipinski definition) is 1. The van der Waals surface area contributed by atoms with Crippen LogP contribution in [0.2, 0.25) is 0 Å². The SMILES string of the molecule is Cc1ccc(Nc2n[n+]3c(-c4ccccc4)csc3s2)cc1. The number of benzene rings is 2. The second-order valence-electron chi connectivity index (χ2n) is 5.06. The highest BCUT2D eigenvalue weighted by Gasteiger charge is 2.21. The lowest BCUT2D eigenvalue weighted by atomic mass is 10.2. The van der Waals surface area contributed by atoms with E-state index in [1.54, 1.807) is 22.7 Å². The summed E-state index contributed by atoms with van der Waals surface area (Å²) >= 11 is 3.39. The molecule has 0 saturated heterocycles. The van der Waals surface area contributed by atoms with E-state index in [4.69, 9.17) is 5.10 Å². The van der Waals surface area contributed by atoms with Gasteiger partial charge in [-0.3, -0.25) is 0 Å². The zero-order valence-electron chi connectivity index (χ0n) is 12.0. The molecule has 4 aromatic rings. The molecular formula is C17H14N3S2+. The van der Waals surface area contributed by atoms with E-state index < -0.39 is 0 Å². The van der Waals surface area contributed by atoms with Crippen LogP contribution in [0.3, 0.4) is 0 Å². The van der Waals surface area contributed by atoms with Crippen LogP contribution in [0, 0.1) is 6.92 Å². The van der Waals surface area contributed by atoms with E-state index in [1.165, 1.54) is 15.3 Å². The monoisotopic (exact) mass is 324 g/mol. The van der Waals surface area contributed by atoms with Gasteiger partial charge in [-0.05, 0) is 47.0 Å². The lowest BCUT2D eigenvalue weighted by molar-refractivity contribution is -0.559. The topological polar surface area (TPSA) is 29.0 Å². The van der Waals surface area contributed by atoms with E-state index in [1.807, 2.05) is 10.6 Å². The first-order valence-corrected chi connectivity index (χ1v) is 8.69. The first-order valence-electron chi connectivity index (χ1n) is 6.99. The van der Waals surface area contributed by atoms with E-state index in [-0.39, 0.29) is 0 Å². The summed E-state index contributed by atoms with van der Waals surface area (Å²) in [6, 6.07) is 18.7. The first kappa shape index (κ1) is 13.4. The molecule has 0 amide bonds. The van der Waals surface area contributed by atoms with Crippen molar-refractivity contribution in [3.05, 3.63) is 65.5 Å². The molecule has 4 rings (SSSR count). The molecule has 0 spiro atoms. The second kappa shape index (κ2) is 5.51. The van der Waals surface area contributed by atoms with Gasteiger partial charge in [-0.15, -0.1) is 0 Å². The van der Waals surface area contributed by atoms with Crippen molar-refractivity contribution in [1.29, 1.82) is 0 Å². The fraction of sp³-hybridized carbons (Fsp3) is 0.0588. The molecule has 5 heteroatoms. The van der Waals surface area contributed by atoms with Gasteiger partial charge in [0, 0.05) is 10.8 Å². The molecule has 22 heavy (non-hydrogen) atoms. The molecule has 2 aromatic heterocycles. The smallest absolute Gasteiger partial charge is 0.326 e. The van der Waals surface area contributed by atoms with Gasteiger partial charge in [0.25, 0.3) is 10.8 Å². The van der Waals surface area contributed by atoms with Crippen LogP contribution in [0.1, 0.15) is 5.56 Å². The van der Waals surface area contributed by atoms with Crippen molar-refractivity contribution < 1.29 is 4.52 Å². The molecule has 1 N–H and O–H groups in total. The van der Waals surface area contributed by atoms with Crippen LogP contribution >= 0.6 is 22.7 Å². The third kappa shape index (κ3) is 2.49. The van der Waals surface area contributed by atoms with Crippen LogP contribution in [0.15, 0.2) is 60.0 Å². The molecule has 0 radical (unpaired) electrons. The Bertz CT molecular complexity index is 908. The van der Waals surface area contributed by atoms with Crippen LogP contribution in [0.25, 0.3) is 15.4 Å². The minimum Gasteiger partial charge on any atom is -0.326 e. The van der Waals surface area contributed by atoms with Gasteiger partial charge in [0.1, 0.15) is 0 Å². The number of rotatable bonds is 3. The average Bonchev–Trinajstić information content (AvgIpc) is 3.10. The summed E-state index contributed by atoms with van der Waals surface area (Å²) < 4.78 is 3.19. The molecule has 0 bridgehead atoms. The van der Waals surface area contributed by atoms with Crippen molar-refractivity contribution in [3.63, 3.8) is 0 Å². The largest absolute Gasteiger partial charge is 0.354 e. The van der Waals surface area contributed by atoms with Crippen molar-refractivity contribution in [1.82, 2.24) is 5.10 Å². The lowest BCUT2D eigenvalue weighted by Crippen LogP contribution is -2.22. The molecular weight excluding hydrogens is 310 g/mol. The molecule has 2 aromatic carbocycles. The van der Waals surface area contributed by atoms with Crippen molar-refractivity contribution in [2.24, 2.45) is 0 Å². The normalized spacial score (nSPS) is 11.0. The van der Waals surface area contributed by atoms with Gasteiger partial charge in [-0.2, -0.15) is 0 Å². The van der Waals surface area contributed by atoms with Crippen LogP contribution in [-0.2, 0) is 0 Å². The Labute approximate surface area is 136 Å². The summed E-state index contributed by atoms with van der Waals surface area (Å²) in [7, 11) is 0. The van der Waals surface area contributed by atoms with Crippen molar-refractivity contribution in [2.75, 3.05) is 5.32 Å². The molecule has 3 nitrogen and oxygen atoms in total. The number of nitrogens with one attached hydrogen (secondary N) is 1. The molecule has 0 fully saturated rings. The van der Waals surface area contributed by atoms with Crippen LogP contribution in [0.5, 0.6) is 0 Å². The Balaban J connectivity index is 1.70.